The van der Waals surface area contributed by atoms with E-state index in [1.807, 2.05) is 0 Å². The maximum Gasteiger partial charge on any atom is 0.306 e. The first-order valence-electron chi connectivity index (χ1n) is 14.6. The van der Waals surface area contributed by atoms with Gasteiger partial charge in [0.25, 0.3) is 0 Å². The van der Waals surface area contributed by atoms with Gasteiger partial charge in [0, 0.05) is 40.8 Å². The molecule has 0 saturated carbocycles. The zero-order valence-electron chi connectivity index (χ0n) is 24.4. The molecule has 0 fully saturated rings. The van der Waals surface area contributed by atoms with Crippen LogP contribution in [0.4, 0.5) is 0 Å². The van der Waals surface area contributed by atoms with Crippen molar-refractivity contribution in [3.63, 3.8) is 0 Å². The third-order valence-corrected chi connectivity index (χ3v) is 8.42. The van der Waals surface area contributed by atoms with E-state index in [2.05, 4.69) is 0 Å². The van der Waals surface area contributed by atoms with Crippen molar-refractivity contribution in [2.75, 3.05) is 6.61 Å². The Morgan fingerprint density at radius 2 is 1.22 bits per heavy atom. The lowest BCUT2D eigenvalue weighted by Gasteiger charge is -2.42. The molecule has 8 N–H and O–H groups in total. The summed E-state index contributed by atoms with van der Waals surface area (Å²) in [5.74, 6) is -5.25. The van der Waals surface area contributed by atoms with E-state index in [0.29, 0.717) is 11.1 Å². The first-order chi connectivity index (χ1) is 22.0. The molecule has 0 bridgehead atoms. The summed E-state index contributed by atoms with van der Waals surface area (Å²) in [5, 5.41) is 87.2. The lowest BCUT2D eigenvalue weighted by Crippen LogP contribution is -2.38. The molecule has 0 saturated heterocycles. The number of fused-ring (bicyclic) bond motifs is 2. The van der Waals surface area contributed by atoms with Gasteiger partial charge in [0.15, 0.2) is 12.2 Å². The molecule has 0 aliphatic carbocycles. The summed E-state index contributed by atoms with van der Waals surface area (Å²) >= 11 is 0. The highest BCUT2D eigenvalue weighted by molar-refractivity contribution is 5.73. The number of rotatable bonds is 6. The van der Waals surface area contributed by atoms with E-state index in [4.69, 9.17) is 14.2 Å². The largest absolute Gasteiger partial charge is 0.508 e. The van der Waals surface area contributed by atoms with Gasteiger partial charge in [-0.05, 0) is 42.3 Å². The van der Waals surface area contributed by atoms with Crippen LogP contribution in [0, 0.1) is 0 Å². The Balaban J connectivity index is 1.59. The predicted octanol–water partition coefficient (Wildman–Crippen LogP) is 4.08. The summed E-state index contributed by atoms with van der Waals surface area (Å²) in [7, 11) is 0. The number of aromatic hydroxyl groups is 6. The van der Waals surface area contributed by atoms with Gasteiger partial charge >= 0.3 is 5.97 Å². The highest BCUT2D eigenvalue weighted by Crippen LogP contribution is 2.59. The zero-order valence-corrected chi connectivity index (χ0v) is 24.4. The van der Waals surface area contributed by atoms with Gasteiger partial charge in [-0.3, -0.25) is 4.79 Å². The molecule has 4 aromatic rings. The van der Waals surface area contributed by atoms with Crippen LogP contribution in [-0.2, 0) is 9.53 Å². The van der Waals surface area contributed by atoms with Crippen molar-refractivity contribution in [1.29, 1.82) is 0 Å². The number of benzene rings is 4. The molecule has 0 unspecified atom stereocenters. The predicted molar refractivity (Wildman–Crippen MR) is 160 cm³/mol. The second-order valence-corrected chi connectivity index (χ2v) is 11.3. The van der Waals surface area contributed by atoms with Crippen LogP contribution in [0.3, 0.4) is 0 Å². The number of carbonyl (C=O) groups is 1. The molecular formula is C34H32O12. The van der Waals surface area contributed by atoms with Crippen molar-refractivity contribution in [2.24, 2.45) is 0 Å². The van der Waals surface area contributed by atoms with Gasteiger partial charge in [-0.25, -0.2) is 0 Å². The molecule has 0 spiro atoms. The minimum atomic E-state index is -1.54. The quantitative estimate of drug-likeness (QED) is 0.142. The lowest BCUT2D eigenvalue weighted by molar-refractivity contribution is -0.145. The van der Waals surface area contributed by atoms with Crippen molar-refractivity contribution in [2.45, 2.75) is 49.6 Å². The van der Waals surface area contributed by atoms with Gasteiger partial charge in [0.1, 0.15) is 58.2 Å². The van der Waals surface area contributed by atoms with E-state index in [9.17, 15) is 45.6 Å². The van der Waals surface area contributed by atoms with Crippen LogP contribution in [0.1, 0.15) is 65.2 Å². The Bertz CT molecular complexity index is 1770. The topological polar surface area (TPSA) is 207 Å². The summed E-state index contributed by atoms with van der Waals surface area (Å²) in [5.41, 5.74) is 0.652. The molecule has 2 aliphatic heterocycles. The number of aliphatic hydroxyl groups is 2. The van der Waals surface area contributed by atoms with Crippen LogP contribution < -0.4 is 9.47 Å². The van der Waals surface area contributed by atoms with Crippen LogP contribution in [0.5, 0.6) is 46.0 Å². The van der Waals surface area contributed by atoms with Crippen LogP contribution >= 0.6 is 0 Å². The van der Waals surface area contributed by atoms with Gasteiger partial charge < -0.3 is 55.1 Å². The van der Waals surface area contributed by atoms with Crippen molar-refractivity contribution in [1.82, 2.24) is 0 Å². The third-order valence-electron chi connectivity index (χ3n) is 8.42. The van der Waals surface area contributed by atoms with E-state index in [-0.39, 0.29) is 58.5 Å². The fourth-order valence-electron chi connectivity index (χ4n) is 6.38. The number of hydrogen-bond acceptors (Lipinski definition) is 12. The number of aliphatic hydroxyl groups excluding tert-OH is 2. The molecule has 240 valence electrons. The summed E-state index contributed by atoms with van der Waals surface area (Å²) in [6.07, 6.45) is -5.70. The SMILES string of the molecule is CCOC(=O)C[C@@H]1c2c(O)cc(O)c([C@H]3c4c(O)cc(O)cc4O[C@H](c4ccc(O)cc4)[C@@H]3O)c2O[C@H](c2ccc(O)cc2)[C@@H]1O. The average Bonchev–Trinajstić information content (AvgIpc) is 3.00. The van der Waals surface area contributed by atoms with Gasteiger partial charge in [0.05, 0.1) is 18.9 Å². The normalized spacial score (nSPS) is 23.4. The van der Waals surface area contributed by atoms with Crippen LogP contribution in [0.2, 0.25) is 0 Å². The number of phenolic OH excluding ortho intramolecular Hbond substituents is 6. The second-order valence-electron chi connectivity index (χ2n) is 11.3. The highest BCUT2D eigenvalue weighted by atomic mass is 16.5. The maximum absolute atomic E-state index is 12.8. The van der Waals surface area contributed by atoms with Gasteiger partial charge in [-0.1, -0.05) is 24.3 Å². The van der Waals surface area contributed by atoms with Gasteiger partial charge in [-0.2, -0.15) is 0 Å². The molecule has 46 heavy (non-hydrogen) atoms. The molecule has 4 aromatic carbocycles. The van der Waals surface area contributed by atoms with E-state index in [1.165, 1.54) is 54.6 Å². The van der Waals surface area contributed by atoms with E-state index >= 15 is 0 Å². The maximum atomic E-state index is 12.8. The molecule has 6 rings (SSSR count). The summed E-state index contributed by atoms with van der Waals surface area (Å²) in [6, 6.07) is 14.9. The van der Waals surface area contributed by atoms with Crippen molar-refractivity contribution in [3.8, 4) is 46.0 Å². The smallest absolute Gasteiger partial charge is 0.306 e. The summed E-state index contributed by atoms with van der Waals surface area (Å²) in [4.78, 5) is 12.8. The monoisotopic (exact) mass is 632 g/mol. The van der Waals surface area contributed by atoms with E-state index < -0.39 is 59.5 Å². The highest BCUT2D eigenvalue weighted by Gasteiger charge is 2.48. The van der Waals surface area contributed by atoms with Gasteiger partial charge in [0.2, 0.25) is 0 Å². The van der Waals surface area contributed by atoms with Crippen LogP contribution in [-0.4, -0.2) is 65.6 Å². The van der Waals surface area contributed by atoms with Crippen molar-refractivity contribution in [3.05, 3.63) is 94.5 Å². The Hall–Kier alpha value is -5.33. The number of carbonyl (C=O) groups excluding carboxylic acids is 1. The van der Waals surface area contributed by atoms with Crippen molar-refractivity contribution < 1.29 is 59.9 Å². The Labute approximate surface area is 262 Å². The Kier molecular flexibility index (Phi) is 7.92. The second kappa shape index (κ2) is 11.9. The third kappa shape index (κ3) is 5.31. The summed E-state index contributed by atoms with van der Waals surface area (Å²) < 4.78 is 17.6. The fraction of sp³-hybridized carbons (Fsp3) is 0.265. The molecule has 2 aliphatic rings. The Morgan fingerprint density at radius 3 is 1.80 bits per heavy atom. The van der Waals surface area contributed by atoms with Crippen LogP contribution in [0.15, 0.2) is 66.7 Å². The standard InChI is InChI=1S/C34H32O12/c1-2-44-25(41)13-20-26-22(39)14-23(40)28(34(26)46-32(30(20)42)15-3-7-17(35)8-4-15)29-27-21(38)11-19(37)12-24(27)45-33(31(29)43)16-5-9-18(36)10-6-16/h3-12,14,20,29-33,35-40,42-43H,2,13H2,1H3/t20-,29-,30-,31-,32-,33-/m1/s1. The minimum absolute atomic E-state index is 0.0126. The zero-order chi connectivity index (χ0) is 32.9. The number of ether oxygens (including phenoxy) is 3. The Morgan fingerprint density at radius 1 is 0.674 bits per heavy atom. The van der Waals surface area contributed by atoms with Crippen molar-refractivity contribution >= 4 is 5.97 Å². The van der Waals surface area contributed by atoms with Crippen LogP contribution in [0.25, 0.3) is 0 Å². The van der Waals surface area contributed by atoms with E-state index in [0.717, 1.165) is 12.1 Å². The minimum Gasteiger partial charge on any atom is -0.508 e. The number of hydrogen-bond donors (Lipinski definition) is 8. The molecule has 6 atom stereocenters. The molecule has 12 heteroatoms. The number of phenols is 6. The first-order valence-corrected chi connectivity index (χ1v) is 14.6. The van der Waals surface area contributed by atoms with Gasteiger partial charge in [-0.15, -0.1) is 0 Å². The molecule has 2 heterocycles. The average molecular weight is 633 g/mol. The molecule has 12 nitrogen and oxygen atoms in total. The molecule has 0 radical (unpaired) electrons. The first kappa shape index (κ1) is 30.7. The molecule has 0 amide bonds. The van der Waals surface area contributed by atoms with E-state index in [1.54, 1.807) is 6.92 Å². The fourth-order valence-corrected chi connectivity index (χ4v) is 6.38. The number of esters is 1. The lowest BCUT2D eigenvalue weighted by atomic mass is 9.75. The molecular weight excluding hydrogens is 600 g/mol. The molecule has 0 aromatic heterocycles. The summed E-state index contributed by atoms with van der Waals surface area (Å²) in [6.45, 7) is 1.69.